The van der Waals surface area contributed by atoms with Crippen LogP contribution >= 0.6 is 12.6 Å². The fourth-order valence-corrected chi connectivity index (χ4v) is 2.66. The molecule has 0 saturated heterocycles. The summed E-state index contributed by atoms with van der Waals surface area (Å²) < 4.78 is 0. The molecule has 102 valence electrons. The van der Waals surface area contributed by atoms with Gasteiger partial charge in [-0.25, -0.2) is 0 Å². The van der Waals surface area contributed by atoms with Gasteiger partial charge >= 0.3 is 0 Å². The highest BCUT2D eigenvalue weighted by atomic mass is 32.1. The molecule has 0 bridgehead atoms. The zero-order chi connectivity index (χ0) is 14.6. The number of aromatic hydroxyl groups is 5. The van der Waals surface area contributed by atoms with E-state index in [1.165, 1.54) is 24.3 Å². The van der Waals surface area contributed by atoms with E-state index in [2.05, 4.69) is 12.6 Å². The van der Waals surface area contributed by atoms with Crippen molar-refractivity contribution in [3.8, 4) is 28.7 Å². The third kappa shape index (κ3) is 1.45. The molecule has 5 nitrogen and oxygen atoms in total. The van der Waals surface area contributed by atoms with Crippen LogP contribution in [0, 0.1) is 0 Å². The quantitative estimate of drug-likeness (QED) is 0.217. The Labute approximate surface area is 118 Å². The average Bonchev–Trinajstić information content (AvgIpc) is 2.41. The Balaban J connectivity index is 2.77. The molecule has 3 aromatic carbocycles. The zero-order valence-electron chi connectivity index (χ0n) is 9.99. The highest BCUT2D eigenvalue weighted by Crippen LogP contribution is 2.51. The highest BCUT2D eigenvalue weighted by Gasteiger charge is 2.22. The van der Waals surface area contributed by atoms with Gasteiger partial charge in [0.2, 0.25) is 0 Å². The first-order valence-electron chi connectivity index (χ1n) is 5.66. The first-order chi connectivity index (χ1) is 9.43. The van der Waals surface area contributed by atoms with Crippen molar-refractivity contribution in [1.82, 2.24) is 0 Å². The number of hydrogen-bond donors (Lipinski definition) is 6. The third-order valence-corrected chi connectivity index (χ3v) is 3.64. The molecule has 0 aliphatic rings. The second-order valence-corrected chi connectivity index (χ2v) is 4.89. The van der Waals surface area contributed by atoms with E-state index in [4.69, 9.17) is 0 Å². The van der Waals surface area contributed by atoms with Crippen LogP contribution < -0.4 is 0 Å². The molecule has 0 saturated carbocycles. The highest BCUT2D eigenvalue weighted by molar-refractivity contribution is 7.80. The van der Waals surface area contributed by atoms with Gasteiger partial charge in [0.25, 0.3) is 0 Å². The molecule has 3 aromatic rings. The number of phenolic OH excluding ortho intramolecular Hbond substituents is 5. The number of phenols is 5. The molecule has 0 atom stereocenters. The Bertz CT molecular complexity index is 732. The Kier molecular flexibility index (Phi) is 2.52. The molecule has 0 amide bonds. The minimum absolute atomic E-state index is 0.0385. The summed E-state index contributed by atoms with van der Waals surface area (Å²) in [6, 6.07) is 5.15. The van der Waals surface area contributed by atoms with Crippen molar-refractivity contribution in [2.75, 3.05) is 0 Å². The van der Waals surface area contributed by atoms with Gasteiger partial charge in [-0.15, -0.1) is 12.6 Å². The topological polar surface area (TPSA) is 101 Å². The minimum Gasteiger partial charge on any atom is -0.507 e. The molecule has 0 aliphatic carbocycles. The molecule has 0 heterocycles. The summed E-state index contributed by atoms with van der Waals surface area (Å²) in [4.78, 5) is 0.315. The summed E-state index contributed by atoms with van der Waals surface area (Å²) in [5.41, 5.74) is 0. The maximum absolute atomic E-state index is 10.3. The largest absolute Gasteiger partial charge is 0.507 e. The van der Waals surface area contributed by atoms with Gasteiger partial charge in [0.15, 0.2) is 0 Å². The SMILES string of the molecule is Oc1ccc(O)c2c(O)c3c(S)ccc(O)c3c(O)c12. The lowest BCUT2D eigenvalue weighted by atomic mass is 9.98. The van der Waals surface area contributed by atoms with Gasteiger partial charge in [0, 0.05) is 10.3 Å². The van der Waals surface area contributed by atoms with E-state index in [0.29, 0.717) is 4.90 Å². The molecular formula is C14H10O5S. The smallest absolute Gasteiger partial charge is 0.139 e. The zero-order valence-corrected chi connectivity index (χ0v) is 10.9. The lowest BCUT2D eigenvalue weighted by molar-refractivity contribution is 0.447. The lowest BCUT2D eigenvalue weighted by Crippen LogP contribution is -1.85. The number of thiol groups is 1. The monoisotopic (exact) mass is 290 g/mol. The summed E-state index contributed by atoms with van der Waals surface area (Å²) >= 11 is 4.17. The second kappa shape index (κ2) is 4.01. The van der Waals surface area contributed by atoms with E-state index in [0.717, 1.165) is 0 Å². The summed E-state index contributed by atoms with van der Waals surface area (Å²) in [5.74, 6) is -1.70. The van der Waals surface area contributed by atoms with Gasteiger partial charge in [0.05, 0.1) is 16.2 Å². The molecule has 0 radical (unpaired) electrons. The van der Waals surface area contributed by atoms with E-state index in [-0.39, 0.29) is 44.5 Å². The van der Waals surface area contributed by atoms with E-state index in [9.17, 15) is 25.5 Å². The van der Waals surface area contributed by atoms with E-state index in [1.54, 1.807) is 0 Å². The Morgan fingerprint density at radius 1 is 0.550 bits per heavy atom. The first-order valence-corrected chi connectivity index (χ1v) is 6.11. The molecule has 0 unspecified atom stereocenters. The average molecular weight is 290 g/mol. The van der Waals surface area contributed by atoms with Gasteiger partial charge in [0.1, 0.15) is 28.7 Å². The van der Waals surface area contributed by atoms with Crippen LogP contribution in [-0.4, -0.2) is 25.5 Å². The predicted octanol–water partition coefficient (Wildman–Crippen LogP) is 2.81. The molecule has 0 aromatic heterocycles. The van der Waals surface area contributed by atoms with Crippen LogP contribution in [0.25, 0.3) is 21.5 Å². The van der Waals surface area contributed by atoms with Crippen molar-refractivity contribution in [2.45, 2.75) is 4.90 Å². The second-order valence-electron chi connectivity index (χ2n) is 4.40. The standard InChI is InChI=1S/C14H10O5S/c15-5-1-2-6(16)10-9(5)13(18)11-7(17)3-4-8(20)12(11)14(10)19/h1-4,15-20H. The Hall–Kier alpha value is -2.47. The van der Waals surface area contributed by atoms with Crippen LogP contribution in [0.15, 0.2) is 29.2 Å². The van der Waals surface area contributed by atoms with Gasteiger partial charge in [-0.3, -0.25) is 0 Å². The van der Waals surface area contributed by atoms with Crippen LogP contribution in [0.1, 0.15) is 0 Å². The number of hydrogen-bond acceptors (Lipinski definition) is 6. The summed E-state index contributed by atoms with van der Waals surface area (Å²) in [6.45, 7) is 0. The normalized spacial score (nSPS) is 11.2. The van der Waals surface area contributed by atoms with Crippen molar-refractivity contribution < 1.29 is 25.5 Å². The van der Waals surface area contributed by atoms with Crippen molar-refractivity contribution in [2.24, 2.45) is 0 Å². The number of fused-ring (bicyclic) bond motifs is 2. The molecule has 20 heavy (non-hydrogen) atoms. The summed E-state index contributed by atoms with van der Waals surface area (Å²) in [6.07, 6.45) is 0. The summed E-state index contributed by atoms with van der Waals surface area (Å²) in [7, 11) is 0. The van der Waals surface area contributed by atoms with Crippen LogP contribution in [0.5, 0.6) is 28.7 Å². The van der Waals surface area contributed by atoms with Crippen LogP contribution in [-0.2, 0) is 0 Å². The minimum atomic E-state index is -0.436. The fourth-order valence-electron chi connectivity index (χ4n) is 2.37. The molecule has 0 aliphatic heterocycles. The van der Waals surface area contributed by atoms with Gasteiger partial charge in [-0.2, -0.15) is 0 Å². The van der Waals surface area contributed by atoms with E-state index in [1.807, 2.05) is 0 Å². The molecule has 0 spiro atoms. The Morgan fingerprint density at radius 2 is 0.900 bits per heavy atom. The fraction of sp³-hybridized carbons (Fsp3) is 0. The lowest BCUT2D eigenvalue weighted by Gasteiger charge is -2.14. The van der Waals surface area contributed by atoms with Gasteiger partial charge in [-0.1, -0.05) is 0 Å². The van der Waals surface area contributed by atoms with E-state index >= 15 is 0 Å². The molecule has 0 fully saturated rings. The maximum atomic E-state index is 10.3. The first kappa shape index (κ1) is 12.6. The molecule has 5 N–H and O–H groups in total. The Morgan fingerprint density at radius 3 is 1.40 bits per heavy atom. The number of benzene rings is 3. The van der Waals surface area contributed by atoms with E-state index < -0.39 is 5.75 Å². The number of rotatable bonds is 0. The van der Waals surface area contributed by atoms with Crippen LogP contribution in [0.2, 0.25) is 0 Å². The maximum Gasteiger partial charge on any atom is 0.139 e. The van der Waals surface area contributed by atoms with Crippen LogP contribution in [0.4, 0.5) is 0 Å². The third-order valence-electron chi connectivity index (χ3n) is 3.27. The predicted molar refractivity (Wildman–Crippen MR) is 77.0 cm³/mol. The molecule has 6 heteroatoms. The van der Waals surface area contributed by atoms with Crippen molar-refractivity contribution in [1.29, 1.82) is 0 Å². The molecule has 3 rings (SSSR count). The van der Waals surface area contributed by atoms with Crippen molar-refractivity contribution >= 4 is 34.2 Å². The van der Waals surface area contributed by atoms with Gasteiger partial charge < -0.3 is 25.5 Å². The summed E-state index contributed by atoms with van der Waals surface area (Å²) in [5, 5.41) is 50.0. The molecular weight excluding hydrogens is 280 g/mol. The van der Waals surface area contributed by atoms with Crippen molar-refractivity contribution in [3.05, 3.63) is 24.3 Å². The van der Waals surface area contributed by atoms with Crippen LogP contribution in [0.3, 0.4) is 0 Å². The van der Waals surface area contributed by atoms with Gasteiger partial charge in [-0.05, 0) is 24.3 Å². The van der Waals surface area contributed by atoms with Crippen molar-refractivity contribution in [3.63, 3.8) is 0 Å².